The number of nitrogens with zero attached hydrogens (tertiary/aromatic N) is 1. The van der Waals surface area contributed by atoms with E-state index < -0.39 is 0 Å². The van der Waals surface area contributed by atoms with Gasteiger partial charge in [-0.2, -0.15) is 0 Å². The molecule has 1 aromatic heterocycles. The second-order valence-electron chi connectivity index (χ2n) is 19.1. The van der Waals surface area contributed by atoms with Crippen LogP contribution in [0.2, 0.25) is 0 Å². The molecule has 0 radical (unpaired) electrons. The Labute approximate surface area is 351 Å². The molecule has 0 aliphatic heterocycles. The number of anilines is 3. The molecule has 0 amide bonds. The molecule has 3 saturated carbocycles. The number of para-hydroxylation sites is 3. The van der Waals surface area contributed by atoms with E-state index in [1.807, 2.05) is 0 Å². The van der Waals surface area contributed by atoms with E-state index in [9.17, 15) is 0 Å². The lowest BCUT2D eigenvalue weighted by Gasteiger charge is -2.30. The summed E-state index contributed by atoms with van der Waals surface area (Å²) in [5.74, 6) is 1.94. The Balaban J connectivity index is 1.08. The predicted molar refractivity (Wildman–Crippen MR) is 249 cm³/mol. The molecule has 6 aromatic carbocycles. The van der Waals surface area contributed by atoms with E-state index >= 15 is 0 Å². The van der Waals surface area contributed by atoms with Crippen molar-refractivity contribution < 1.29 is 4.42 Å². The zero-order valence-electron chi connectivity index (χ0n) is 35.2. The fraction of sp³-hybridized carbons (Fsp3) is 0.368. The molecule has 3 fully saturated rings. The Bertz CT molecular complexity index is 2640. The van der Waals surface area contributed by atoms with Gasteiger partial charge in [-0.1, -0.05) is 169 Å². The van der Waals surface area contributed by atoms with Crippen LogP contribution < -0.4 is 4.90 Å². The lowest BCUT2D eigenvalue weighted by Crippen LogP contribution is -2.17. The third-order valence-corrected chi connectivity index (χ3v) is 15.3. The molecule has 0 bridgehead atoms. The van der Waals surface area contributed by atoms with Crippen molar-refractivity contribution in [1.82, 2.24) is 0 Å². The van der Waals surface area contributed by atoms with Crippen molar-refractivity contribution in [1.29, 1.82) is 0 Å². The SMILES string of the molecule is CC1(C)c2cc(C3CCCCC3)ccc2-c2ccc(N(c3ccccc3-c3ccc(C4CCCCC4)cc3)c3cccc4c3oc3c(C5CCCCC5)cccc34)cc21. The average molecular weight is 774 g/mol. The lowest BCUT2D eigenvalue weighted by atomic mass is 9.79. The molecule has 0 spiro atoms. The van der Waals surface area contributed by atoms with Crippen molar-refractivity contribution in [2.75, 3.05) is 4.90 Å². The molecular weight excluding hydrogens is 715 g/mol. The number of hydrogen-bond donors (Lipinski definition) is 0. The zero-order chi connectivity index (χ0) is 39.5. The highest BCUT2D eigenvalue weighted by Gasteiger charge is 2.37. The van der Waals surface area contributed by atoms with Gasteiger partial charge in [0, 0.05) is 27.4 Å². The summed E-state index contributed by atoms with van der Waals surface area (Å²) < 4.78 is 7.23. The summed E-state index contributed by atoms with van der Waals surface area (Å²) in [6, 6.07) is 47.1. The molecule has 298 valence electrons. The summed E-state index contributed by atoms with van der Waals surface area (Å²) in [7, 11) is 0. The van der Waals surface area contributed by atoms with Crippen LogP contribution >= 0.6 is 0 Å². The van der Waals surface area contributed by atoms with E-state index in [-0.39, 0.29) is 5.41 Å². The first-order chi connectivity index (χ1) is 29.0. The molecule has 0 saturated heterocycles. The van der Waals surface area contributed by atoms with Crippen LogP contribution in [0.4, 0.5) is 17.1 Å². The molecule has 1 heterocycles. The smallest absolute Gasteiger partial charge is 0.159 e. The van der Waals surface area contributed by atoms with Crippen LogP contribution in [0.25, 0.3) is 44.2 Å². The van der Waals surface area contributed by atoms with E-state index in [4.69, 9.17) is 4.42 Å². The first-order valence-corrected chi connectivity index (χ1v) is 23.3. The average Bonchev–Trinajstić information content (AvgIpc) is 3.80. The van der Waals surface area contributed by atoms with E-state index in [1.165, 1.54) is 163 Å². The van der Waals surface area contributed by atoms with Gasteiger partial charge < -0.3 is 9.32 Å². The van der Waals surface area contributed by atoms with Gasteiger partial charge in [0.2, 0.25) is 0 Å². The van der Waals surface area contributed by atoms with Crippen LogP contribution in [0.5, 0.6) is 0 Å². The van der Waals surface area contributed by atoms with E-state index in [2.05, 4.69) is 140 Å². The first kappa shape index (κ1) is 37.0. The fourth-order valence-electron chi connectivity index (χ4n) is 12.0. The minimum absolute atomic E-state index is 0.119. The predicted octanol–water partition coefficient (Wildman–Crippen LogP) is 17.2. The van der Waals surface area contributed by atoms with Gasteiger partial charge in [0.05, 0.1) is 11.4 Å². The summed E-state index contributed by atoms with van der Waals surface area (Å²) in [6.07, 6.45) is 19.9. The topological polar surface area (TPSA) is 16.4 Å². The summed E-state index contributed by atoms with van der Waals surface area (Å²) in [6.45, 7) is 4.90. The van der Waals surface area contributed by atoms with Gasteiger partial charge in [-0.25, -0.2) is 0 Å². The third kappa shape index (κ3) is 6.44. The third-order valence-electron chi connectivity index (χ3n) is 15.3. The monoisotopic (exact) mass is 773 g/mol. The van der Waals surface area contributed by atoms with Gasteiger partial charge >= 0.3 is 0 Å². The highest BCUT2D eigenvalue weighted by molar-refractivity contribution is 6.11. The maximum absolute atomic E-state index is 7.23. The number of hydrogen-bond acceptors (Lipinski definition) is 2. The quantitative estimate of drug-likeness (QED) is 0.160. The maximum Gasteiger partial charge on any atom is 0.159 e. The summed E-state index contributed by atoms with van der Waals surface area (Å²) in [4.78, 5) is 2.52. The molecule has 2 heteroatoms. The van der Waals surface area contributed by atoms with Crippen molar-refractivity contribution >= 4 is 39.0 Å². The van der Waals surface area contributed by atoms with Crippen LogP contribution in [0.3, 0.4) is 0 Å². The van der Waals surface area contributed by atoms with Crippen molar-refractivity contribution in [2.24, 2.45) is 0 Å². The van der Waals surface area contributed by atoms with Crippen molar-refractivity contribution in [3.05, 3.63) is 149 Å². The highest BCUT2D eigenvalue weighted by Crippen LogP contribution is 2.53. The number of benzene rings is 6. The van der Waals surface area contributed by atoms with Crippen molar-refractivity contribution in [3.8, 4) is 22.3 Å². The highest BCUT2D eigenvalue weighted by atomic mass is 16.3. The molecule has 4 aliphatic rings. The standard InChI is InChI=1S/C57H59NO/c1-57(2)51-36-43(39-18-8-4-9-19-39)32-34-47(51)48-35-33-44(37-52(48)57)58(53-26-13-12-22-45(53)42-30-28-40(29-31-42)38-16-6-3-7-17-38)54-27-15-25-50-49-24-14-23-46(55(49)59-56(50)54)41-20-10-5-11-21-41/h12-15,22-39,41H,3-11,16-21H2,1-2H3. The fourth-order valence-corrected chi connectivity index (χ4v) is 12.0. The van der Waals surface area contributed by atoms with Crippen LogP contribution in [-0.4, -0.2) is 0 Å². The van der Waals surface area contributed by atoms with Gasteiger partial charge in [-0.3, -0.25) is 0 Å². The molecule has 0 atom stereocenters. The summed E-state index contributed by atoms with van der Waals surface area (Å²) in [5.41, 5.74) is 17.9. The Morgan fingerprint density at radius 3 is 1.73 bits per heavy atom. The van der Waals surface area contributed by atoms with Crippen LogP contribution in [-0.2, 0) is 5.41 Å². The zero-order valence-corrected chi connectivity index (χ0v) is 35.2. The minimum atomic E-state index is -0.119. The van der Waals surface area contributed by atoms with Crippen LogP contribution in [0.1, 0.15) is 156 Å². The number of furan rings is 1. The molecular formula is C57H59NO. The molecule has 2 nitrogen and oxygen atoms in total. The Hall–Kier alpha value is -5.08. The van der Waals surface area contributed by atoms with Gasteiger partial charge in [0.1, 0.15) is 5.58 Å². The van der Waals surface area contributed by atoms with E-state index in [1.54, 1.807) is 5.56 Å². The van der Waals surface area contributed by atoms with Crippen molar-refractivity contribution in [2.45, 2.75) is 133 Å². The van der Waals surface area contributed by atoms with Crippen LogP contribution in [0, 0.1) is 0 Å². The van der Waals surface area contributed by atoms with Gasteiger partial charge in [0.25, 0.3) is 0 Å². The number of rotatable bonds is 7. The Kier molecular flexibility index (Phi) is 9.51. The van der Waals surface area contributed by atoms with E-state index in [0.29, 0.717) is 17.8 Å². The Morgan fingerprint density at radius 1 is 0.458 bits per heavy atom. The molecule has 11 rings (SSSR count). The number of fused-ring (bicyclic) bond motifs is 6. The van der Waals surface area contributed by atoms with Gasteiger partial charge in [0.15, 0.2) is 5.58 Å². The summed E-state index contributed by atoms with van der Waals surface area (Å²) in [5, 5.41) is 2.43. The maximum atomic E-state index is 7.23. The van der Waals surface area contributed by atoms with E-state index in [0.717, 1.165) is 16.9 Å². The molecule has 7 aromatic rings. The first-order valence-electron chi connectivity index (χ1n) is 23.3. The second kappa shape index (κ2) is 15.2. The van der Waals surface area contributed by atoms with Gasteiger partial charge in [-0.15, -0.1) is 0 Å². The molecule has 0 unspecified atom stereocenters. The largest absolute Gasteiger partial charge is 0.454 e. The van der Waals surface area contributed by atoms with Gasteiger partial charge in [-0.05, 0) is 125 Å². The lowest BCUT2D eigenvalue weighted by molar-refractivity contribution is 0.442. The summed E-state index contributed by atoms with van der Waals surface area (Å²) >= 11 is 0. The van der Waals surface area contributed by atoms with Crippen LogP contribution in [0.15, 0.2) is 126 Å². The minimum Gasteiger partial charge on any atom is -0.454 e. The molecule has 59 heavy (non-hydrogen) atoms. The molecule has 0 N–H and O–H groups in total. The Morgan fingerprint density at radius 2 is 1.02 bits per heavy atom. The second-order valence-corrected chi connectivity index (χ2v) is 19.1. The van der Waals surface area contributed by atoms with Crippen molar-refractivity contribution in [3.63, 3.8) is 0 Å². The normalized spacial score (nSPS) is 18.6. The molecule has 4 aliphatic carbocycles.